The fourth-order valence-corrected chi connectivity index (χ4v) is 3.36. The second-order valence-electron chi connectivity index (χ2n) is 7.71. The second kappa shape index (κ2) is 7.82. The summed E-state index contributed by atoms with van der Waals surface area (Å²) in [5.41, 5.74) is 1.94. The van der Waals surface area contributed by atoms with Crippen LogP contribution in [0.15, 0.2) is 24.3 Å². The van der Waals surface area contributed by atoms with E-state index in [9.17, 15) is 9.59 Å². The average molecular weight is 331 g/mol. The van der Waals surface area contributed by atoms with Gasteiger partial charge in [-0.2, -0.15) is 0 Å². The van der Waals surface area contributed by atoms with Crippen molar-refractivity contribution >= 4 is 11.9 Å². The van der Waals surface area contributed by atoms with Crippen molar-refractivity contribution in [3.8, 4) is 0 Å². The zero-order valence-electron chi connectivity index (χ0n) is 15.2. The molecule has 1 aliphatic carbocycles. The van der Waals surface area contributed by atoms with Gasteiger partial charge < -0.3 is 10.1 Å². The van der Waals surface area contributed by atoms with E-state index in [1.807, 2.05) is 24.3 Å². The van der Waals surface area contributed by atoms with Crippen LogP contribution in [0, 0.1) is 11.8 Å². The predicted octanol–water partition coefficient (Wildman–Crippen LogP) is 3.69. The Kier molecular flexibility index (Phi) is 6.03. The van der Waals surface area contributed by atoms with E-state index in [4.69, 9.17) is 4.74 Å². The molecule has 2 unspecified atom stereocenters. The maximum absolute atomic E-state index is 12.4. The van der Waals surface area contributed by atoms with Gasteiger partial charge in [-0.3, -0.25) is 9.59 Å². The molecule has 1 aliphatic rings. The van der Waals surface area contributed by atoms with E-state index in [0.717, 1.165) is 25.7 Å². The van der Waals surface area contributed by atoms with Crippen LogP contribution in [-0.2, 0) is 14.9 Å². The van der Waals surface area contributed by atoms with Gasteiger partial charge >= 0.3 is 5.97 Å². The van der Waals surface area contributed by atoms with Crippen molar-refractivity contribution in [2.24, 2.45) is 11.8 Å². The topological polar surface area (TPSA) is 55.4 Å². The number of hydrogen-bond acceptors (Lipinski definition) is 3. The first-order valence-electron chi connectivity index (χ1n) is 8.79. The van der Waals surface area contributed by atoms with Crippen LogP contribution < -0.4 is 5.32 Å². The number of amides is 1. The fourth-order valence-electron chi connectivity index (χ4n) is 3.36. The molecule has 2 atom stereocenters. The molecule has 1 N–H and O–H groups in total. The van der Waals surface area contributed by atoms with Crippen molar-refractivity contribution in [2.45, 2.75) is 51.9 Å². The molecule has 0 aromatic heterocycles. The largest absolute Gasteiger partial charge is 0.469 e. The van der Waals surface area contributed by atoms with E-state index in [2.05, 4.69) is 26.1 Å². The highest BCUT2D eigenvalue weighted by molar-refractivity contribution is 5.94. The van der Waals surface area contributed by atoms with Gasteiger partial charge in [0.05, 0.1) is 13.0 Å². The summed E-state index contributed by atoms with van der Waals surface area (Å²) in [6, 6.07) is 7.75. The Morgan fingerprint density at radius 3 is 2.33 bits per heavy atom. The van der Waals surface area contributed by atoms with Crippen molar-refractivity contribution in [3.63, 3.8) is 0 Å². The van der Waals surface area contributed by atoms with Crippen LogP contribution in [0.1, 0.15) is 62.4 Å². The van der Waals surface area contributed by atoms with Crippen LogP contribution in [0.5, 0.6) is 0 Å². The van der Waals surface area contributed by atoms with Crippen molar-refractivity contribution in [1.29, 1.82) is 0 Å². The van der Waals surface area contributed by atoms with Gasteiger partial charge in [0.2, 0.25) is 0 Å². The molecule has 1 aromatic carbocycles. The molecule has 0 bridgehead atoms. The number of rotatable bonds is 4. The molecule has 0 aliphatic heterocycles. The minimum atomic E-state index is -0.150. The molecule has 1 saturated carbocycles. The summed E-state index contributed by atoms with van der Waals surface area (Å²) < 4.78 is 4.90. The third-order valence-corrected chi connectivity index (χ3v) is 4.95. The van der Waals surface area contributed by atoms with Crippen LogP contribution >= 0.6 is 0 Å². The zero-order valence-corrected chi connectivity index (χ0v) is 15.2. The van der Waals surface area contributed by atoms with Gasteiger partial charge in [-0.05, 0) is 41.9 Å². The Balaban J connectivity index is 1.95. The molecule has 0 radical (unpaired) electrons. The summed E-state index contributed by atoms with van der Waals surface area (Å²) in [4.78, 5) is 24.3. The minimum absolute atomic E-state index is 0.0742. The predicted molar refractivity (Wildman–Crippen MR) is 94.9 cm³/mol. The van der Waals surface area contributed by atoms with Crippen LogP contribution in [0.3, 0.4) is 0 Å². The lowest BCUT2D eigenvalue weighted by molar-refractivity contribution is -0.148. The molecule has 2 rings (SSSR count). The Labute approximate surface area is 145 Å². The Morgan fingerprint density at radius 2 is 1.75 bits per heavy atom. The monoisotopic (exact) mass is 331 g/mol. The highest BCUT2D eigenvalue weighted by Crippen LogP contribution is 2.30. The van der Waals surface area contributed by atoms with Gasteiger partial charge in [0.1, 0.15) is 0 Å². The molecule has 1 aromatic rings. The van der Waals surface area contributed by atoms with E-state index in [0.29, 0.717) is 12.1 Å². The van der Waals surface area contributed by atoms with Gasteiger partial charge in [-0.15, -0.1) is 0 Å². The molecular formula is C20H29NO3. The van der Waals surface area contributed by atoms with Gasteiger partial charge in [-0.1, -0.05) is 45.7 Å². The number of carbonyl (C=O) groups excluding carboxylic acids is 2. The minimum Gasteiger partial charge on any atom is -0.469 e. The molecule has 4 heteroatoms. The van der Waals surface area contributed by atoms with E-state index in [-0.39, 0.29) is 29.1 Å². The van der Waals surface area contributed by atoms with Crippen LogP contribution in [0.4, 0.5) is 0 Å². The molecule has 132 valence electrons. The Morgan fingerprint density at radius 1 is 1.12 bits per heavy atom. The lowest BCUT2D eigenvalue weighted by atomic mass is 9.79. The van der Waals surface area contributed by atoms with Crippen LogP contribution in [-0.4, -0.2) is 25.5 Å². The molecule has 0 saturated heterocycles. The third-order valence-electron chi connectivity index (χ3n) is 4.95. The first-order chi connectivity index (χ1) is 11.3. The maximum atomic E-state index is 12.4. The van der Waals surface area contributed by atoms with Crippen molar-refractivity contribution < 1.29 is 14.3 Å². The van der Waals surface area contributed by atoms with Gasteiger partial charge in [0.25, 0.3) is 5.91 Å². The number of esters is 1. The van der Waals surface area contributed by atoms with Crippen molar-refractivity contribution in [2.75, 3.05) is 13.7 Å². The number of methoxy groups -OCH3 is 1. The smallest absolute Gasteiger partial charge is 0.309 e. The van der Waals surface area contributed by atoms with Gasteiger partial charge in [-0.25, -0.2) is 0 Å². The molecule has 0 heterocycles. The standard InChI is InChI=1S/C20H29NO3/c1-20(2,3)16-11-9-14(10-12-16)18(22)21-13-15-7-5-6-8-17(15)19(23)24-4/h9-12,15,17H,5-8,13H2,1-4H3,(H,21,22). The van der Waals surface area contributed by atoms with Crippen LogP contribution in [0.25, 0.3) is 0 Å². The van der Waals surface area contributed by atoms with E-state index in [1.54, 1.807) is 0 Å². The normalized spacial score (nSPS) is 21.2. The summed E-state index contributed by atoms with van der Waals surface area (Å²) in [5, 5.41) is 2.99. The Bertz CT molecular complexity index is 572. The molecule has 1 amide bonds. The first kappa shape index (κ1) is 18.5. The molecule has 24 heavy (non-hydrogen) atoms. The number of hydrogen-bond donors (Lipinski definition) is 1. The third kappa shape index (κ3) is 4.59. The SMILES string of the molecule is COC(=O)C1CCCCC1CNC(=O)c1ccc(C(C)(C)C)cc1. The molecular weight excluding hydrogens is 302 g/mol. The maximum Gasteiger partial charge on any atom is 0.309 e. The summed E-state index contributed by atoms with van der Waals surface area (Å²) in [5.74, 6) is -0.149. The van der Waals surface area contributed by atoms with E-state index in [1.165, 1.54) is 12.7 Å². The molecule has 4 nitrogen and oxygen atoms in total. The number of carbonyl (C=O) groups is 2. The van der Waals surface area contributed by atoms with Crippen LogP contribution in [0.2, 0.25) is 0 Å². The summed E-state index contributed by atoms with van der Waals surface area (Å²) in [6.07, 6.45) is 3.98. The fraction of sp³-hybridized carbons (Fsp3) is 0.600. The van der Waals surface area contributed by atoms with E-state index >= 15 is 0 Å². The second-order valence-corrected chi connectivity index (χ2v) is 7.71. The summed E-state index contributed by atoms with van der Waals surface area (Å²) in [7, 11) is 1.43. The lowest BCUT2D eigenvalue weighted by Crippen LogP contribution is -2.37. The number of benzene rings is 1. The number of nitrogens with one attached hydrogen (secondary N) is 1. The zero-order chi connectivity index (χ0) is 17.7. The first-order valence-corrected chi connectivity index (χ1v) is 8.79. The molecule has 1 fully saturated rings. The average Bonchev–Trinajstić information content (AvgIpc) is 2.58. The quantitative estimate of drug-likeness (QED) is 0.856. The molecule has 0 spiro atoms. The lowest BCUT2D eigenvalue weighted by Gasteiger charge is -2.29. The number of ether oxygens (including phenoxy) is 1. The van der Waals surface area contributed by atoms with Crippen molar-refractivity contribution in [1.82, 2.24) is 5.32 Å². The van der Waals surface area contributed by atoms with Crippen molar-refractivity contribution in [3.05, 3.63) is 35.4 Å². The highest BCUT2D eigenvalue weighted by Gasteiger charge is 2.31. The van der Waals surface area contributed by atoms with E-state index < -0.39 is 0 Å². The Hall–Kier alpha value is -1.84. The van der Waals surface area contributed by atoms with Gasteiger partial charge in [0, 0.05) is 12.1 Å². The summed E-state index contributed by atoms with van der Waals surface area (Å²) in [6.45, 7) is 6.98. The van der Waals surface area contributed by atoms with Gasteiger partial charge in [0.15, 0.2) is 0 Å². The summed E-state index contributed by atoms with van der Waals surface area (Å²) >= 11 is 0. The highest BCUT2D eigenvalue weighted by atomic mass is 16.5.